The first kappa shape index (κ1) is 16.3. The maximum atomic E-state index is 13.3. The van der Waals surface area contributed by atoms with Gasteiger partial charge in [-0.1, -0.05) is 32.0 Å². The van der Waals surface area contributed by atoms with Gasteiger partial charge in [0.1, 0.15) is 0 Å². The fourth-order valence-corrected chi connectivity index (χ4v) is 2.96. The third-order valence-electron chi connectivity index (χ3n) is 3.91. The van der Waals surface area contributed by atoms with E-state index in [2.05, 4.69) is 24.1 Å². The van der Waals surface area contributed by atoms with E-state index in [0.717, 1.165) is 32.6 Å². The van der Waals surface area contributed by atoms with Crippen LogP contribution in [-0.2, 0) is 6.18 Å². The number of alkyl halides is 3. The first-order valence-corrected chi connectivity index (χ1v) is 7.50. The maximum Gasteiger partial charge on any atom is 0.416 e. The Bertz CT molecular complexity index is 451. The van der Waals surface area contributed by atoms with Gasteiger partial charge in [-0.3, -0.25) is 4.90 Å². The molecule has 118 valence electrons. The lowest BCUT2D eigenvalue weighted by Crippen LogP contribution is -2.45. The van der Waals surface area contributed by atoms with Gasteiger partial charge in [-0.25, -0.2) is 0 Å². The van der Waals surface area contributed by atoms with Crippen LogP contribution in [0.25, 0.3) is 0 Å². The van der Waals surface area contributed by atoms with Crippen molar-refractivity contribution in [1.82, 2.24) is 10.2 Å². The first-order chi connectivity index (χ1) is 9.89. The molecule has 0 unspecified atom stereocenters. The Balaban J connectivity index is 2.36. The van der Waals surface area contributed by atoms with E-state index in [1.54, 1.807) is 12.1 Å². The van der Waals surface area contributed by atoms with Crippen molar-refractivity contribution in [3.63, 3.8) is 0 Å². The summed E-state index contributed by atoms with van der Waals surface area (Å²) in [5, 5.41) is 3.26. The zero-order valence-electron chi connectivity index (χ0n) is 12.6. The number of nitrogens with one attached hydrogen (secondary N) is 1. The third-order valence-corrected chi connectivity index (χ3v) is 3.91. The fraction of sp³-hybridized carbons (Fsp3) is 0.625. The smallest absolute Gasteiger partial charge is 0.314 e. The molecule has 21 heavy (non-hydrogen) atoms. The number of hydrogen-bond donors (Lipinski definition) is 1. The molecule has 2 nitrogen and oxygen atoms in total. The van der Waals surface area contributed by atoms with Crippen molar-refractivity contribution in [2.75, 3.05) is 26.2 Å². The van der Waals surface area contributed by atoms with Crippen molar-refractivity contribution in [2.24, 2.45) is 5.92 Å². The van der Waals surface area contributed by atoms with E-state index in [-0.39, 0.29) is 6.04 Å². The molecule has 1 aliphatic heterocycles. The van der Waals surface area contributed by atoms with Crippen LogP contribution < -0.4 is 5.32 Å². The summed E-state index contributed by atoms with van der Waals surface area (Å²) in [6, 6.07) is 5.85. The van der Waals surface area contributed by atoms with Gasteiger partial charge in [-0.15, -0.1) is 0 Å². The van der Waals surface area contributed by atoms with Crippen LogP contribution >= 0.6 is 0 Å². The van der Waals surface area contributed by atoms with Crippen LogP contribution in [0.4, 0.5) is 13.2 Å². The number of nitrogens with zero attached hydrogens (tertiary/aromatic N) is 1. The second kappa shape index (κ2) is 6.79. The zero-order chi connectivity index (χ0) is 15.5. The Labute approximate surface area is 124 Å². The average molecular weight is 300 g/mol. The molecule has 0 aromatic heterocycles. The maximum absolute atomic E-state index is 13.3. The topological polar surface area (TPSA) is 15.3 Å². The Morgan fingerprint density at radius 1 is 1.14 bits per heavy atom. The molecule has 1 fully saturated rings. The highest BCUT2D eigenvalue weighted by Gasteiger charge is 2.36. The summed E-state index contributed by atoms with van der Waals surface area (Å²) >= 11 is 0. The summed E-state index contributed by atoms with van der Waals surface area (Å²) in [6.45, 7) is 7.38. The Morgan fingerprint density at radius 3 is 2.33 bits per heavy atom. The summed E-state index contributed by atoms with van der Waals surface area (Å²) in [6.07, 6.45) is -3.55. The highest BCUT2D eigenvalue weighted by Crippen LogP contribution is 2.38. The van der Waals surface area contributed by atoms with Crippen molar-refractivity contribution >= 4 is 0 Å². The molecule has 1 aliphatic rings. The highest BCUT2D eigenvalue weighted by atomic mass is 19.4. The van der Waals surface area contributed by atoms with E-state index in [4.69, 9.17) is 0 Å². The summed E-state index contributed by atoms with van der Waals surface area (Å²) in [5.74, 6) is 0.353. The minimum Gasteiger partial charge on any atom is -0.314 e. The molecule has 1 saturated heterocycles. The van der Waals surface area contributed by atoms with E-state index < -0.39 is 11.7 Å². The molecule has 0 saturated carbocycles. The van der Waals surface area contributed by atoms with Gasteiger partial charge in [0.15, 0.2) is 0 Å². The van der Waals surface area contributed by atoms with Crippen LogP contribution in [0.5, 0.6) is 0 Å². The Kier molecular flexibility index (Phi) is 5.27. The van der Waals surface area contributed by atoms with Gasteiger partial charge in [0.2, 0.25) is 0 Å². The Hall–Kier alpha value is -1.07. The summed E-state index contributed by atoms with van der Waals surface area (Å²) < 4.78 is 39.8. The zero-order valence-corrected chi connectivity index (χ0v) is 12.6. The lowest BCUT2D eigenvalue weighted by Gasteiger charge is -2.37. The predicted octanol–water partition coefficient (Wildman–Crippen LogP) is 3.70. The quantitative estimate of drug-likeness (QED) is 0.912. The third kappa shape index (κ3) is 4.20. The monoisotopic (exact) mass is 300 g/mol. The standard InChI is InChI=1S/C16H23F3N2/c1-12(2)11-15(21-9-7-20-8-10-21)13-5-3-4-6-14(13)16(17,18)19/h3-6,12,15,20H,7-11H2,1-2H3/t15-/m0/s1. The lowest BCUT2D eigenvalue weighted by molar-refractivity contribution is -0.138. The fourth-order valence-electron chi connectivity index (χ4n) is 2.96. The number of piperazine rings is 1. The first-order valence-electron chi connectivity index (χ1n) is 7.50. The molecule has 1 heterocycles. The van der Waals surface area contributed by atoms with Crippen LogP contribution in [0.15, 0.2) is 24.3 Å². The van der Waals surface area contributed by atoms with Crippen molar-refractivity contribution in [2.45, 2.75) is 32.5 Å². The van der Waals surface area contributed by atoms with Crippen molar-refractivity contribution in [3.8, 4) is 0 Å². The second-order valence-electron chi connectivity index (χ2n) is 6.02. The molecule has 5 heteroatoms. The molecule has 2 rings (SSSR count). The van der Waals surface area contributed by atoms with E-state index in [9.17, 15) is 13.2 Å². The van der Waals surface area contributed by atoms with Gasteiger partial charge in [-0.2, -0.15) is 13.2 Å². The minimum absolute atomic E-state index is 0.162. The van der Waals surface area contributed by atoms with E-state index in [1.807, 2.05) is 0 Å². The van der Waals surface area contributed by atoms with Crippen molar-refractivity contribution in [1.29, 1.82) is 0 Å². The van der Waals surface area contributed by atoms with Crippen LogP contribution in [0, 0.1) is 5.92 Å². The van der Waals surface area contributed by atoms with Crippen LogP contribution in [0.3, 0.4) is 0 Å². The van der Waals surface area contributed by atoms with Crippen LogP contribution in [0.1, 0.15) is 37.4 Å². The van der Waals surface area contributed by atoms with E-state index in [0.29, 0.717) is 11.5 Å². The highest BCUT2D eigenvalue weighted by molar-refractivity contribution is 5.32. The summed E-state index contributed by atoms with van der Waals surface area (Å²) in [7, 11) is 0. The van der Waals surface area contributed by atoms with Crippen LogP contribution in [-0.4, -0.2) is 31.1 Å². The number of rotatable bonds is 4. The van der Waals surface area contributed by atoms with Crippen LogP contribution in [0.2, 0.25) is 0 Å². The molecule has 0 bridgehead atoms. The van der Waals surface area contributed by atoms with Crippen molar-refractivity contribution in [3.05, 3.63) is 35.4 Å². The van der Waals surface area contributed by atoms with E-state index in [1.165, 1.54) is 12.1 Å². The molecular formula is C16H23F3N2. The molecule has 0 amide bonds. The molecular weight excluding hydrogens is 277 g/mol. The molecule has 1 atom stereocenters. The molecule has 0 spiro atoms. The molecule has 1 aromatic carbocycles. The normalized spacial score (nSPS) is 19.0. The summed E-state index contributed by atoms with van der Waals surface area (Å²) in [4.78, 5) is 2.18. The molecule has 1 N–H and O–H groups in total. The number of benzene rings is 1. The number of halogens is 3. The minimum atomic E-state index is -4.29. The Morgan fingerprint density at radius 2 is 1.76 bits per heavy atom. The molecule has 0 radical (unpaired) electrons. The summed E-state index contributed by atoms with van der Waals surface area (Å²) in [5.41, 5.74) is -0.0743. The lowest BCUT2D eigenvalue weighted by atomic mass is 9.91. The number of hydrogen-bond acceptors (Lipinski definition) is 2. The van der Waals surface area contributed by atoms with Gasteiger partial charge in [-0.05, 0) is 24.0 Å². The van der Waals surface area contributed by atoms with Gasteiger partial charge in [0.05, 0.1) is 5.56 Å². The second-order valence-corrected chi connectivity index (χ2v) is 6.02. The largest absolute Gasteiger partial charge is 0.416 e. The van der Waals surface area contributed by atoms with Gasteiger partial charge < -0.3 is 5.32 Å². The molecule has 0 aliphatic carbocycles. The van der Waals surface area contributed by atoms with Gasteiger partial charge in [0.25, 0.3) is 0 Å². The van der Waals surface area contributed by atoms with Gasteiger partial charge in [0, 0.05) is 32.2 Å². The average Bonchev–Trinajstić information content (AvgIpc) is 2.44. The van der Waals surface area contributed by atoms with Crippen molar-refractivity contribution < 1.29 is 13.2 Å². The van der Waals surface area contributed by atoms with E-state index >= 15 is 0 Å². The van der Waals surface area contributed by atoms with Gasteiger partial charge >= 0.3 is 6.18 Å². The SMILES string of the molecule is CC(C)C[C@@H](c1ccccc1C(F)(F)F)N1CCNCC1. The predicted molar refractivity (Wildman–Crippen MR) is 78.1 cm³/mol. The molecule has 1 aromatic rings.